The van der Waals surface area contributed by atoms with Gasteiger partial charge in [-0.05, 0) is 18.6 Å². The zero-order valence-electron chi connectivity index (χ0n) is 20.8. The van der Waals surface area contributed by atoms with Gasteiger partial charge in [0.25, 0.3) is 17.7 Å². The maximum Gasteiger partial charge on any atom is 0.303 e. The molecule has 3 heterocycles. The van der Waals surface area contributed by atoms with Gasteiger partial charge in [-0.15, -0.1) is 0 Å². The molecule has 0 saturated carbocycles. The van der Waals surface area contributed by atoms with Gasteiger partial charge >= 0.3 is 5.97 Å². The molecule has 0 aliphatic carbocycles. The smallest absolute Gasteiger partial charge is 0.303 e. The Balaban J connectivity index is 1.64. The first-order chi connectivity index (χ1) is 17.4. The molecular weight excluding hydrogens is 484 g/mol. The van der Waals surface area contributed by atoms with E-state index in [1.165, 1.54) is 34.4 Å². The first kappa shape index (κ1) is 26.7. The van der Waals surface area contributed by atoms with Crippen molar-refractivity contribution in [3.8, 4) is 0 Å². The summed E-state index contributed by atoms with van der Waals surface area (Å²) in [5.41, 5.74) is 1.28. The van der Waals surface area contributed by atoms with Gasteiger partial charge in [0.05, 0.1) is 11.4 Å². The van der Waals surface area contributed by atoms with E-state index in [9.17, 15) is 24.0 Å². The molecule has 0 bridgehead atoms. The molecule has 0 aromatic carbocycles. The molecule has 3 aromatic heterocycles. The fourth-order valence-corrected chi connectivity index (χ4v) is 3.55. The maximum absolute atomic E-state index is 12.9. The second-order valence-corrected chi connectivity index (χ2v) is 8.35. The number of nitrogens with one attached hydrogen (secondary N) is 4. The number of nitrogens with zero attached hydrogens (tertiary/aromatic N) is 4. The van der Waals surface area contributed by atoms with Gasteiger partial charge in [-0.2, -0.15) is 0 Å². The fraction of sp³-hybridized carbons (Fsp3) is 0.304. The van der Waals surface area contributed by atoms with Crippen LogP contribution in [0.4, 0.5) is 17.2 Å². The van der Waals surface area contributed by atoms with Crippen molar-refractivity contribution in [2.75, 3.05) is 22.5 Å². The lowest BCUT2D eigenvalue weighted by Gasteiger charge is -2.04. The summed E-state index contributed by atoms with van der Waals surface area (Å²) in [6.07, 6.45) is 4.89. The van der Waals surface area contributed by atoms with Gasteiger partial charge in [0.2, 0.25) is 11.7 Å². The molecule has 14 heteroatoms. The van der Waals surface area contributed by atoms with E-state index in [4.69, 9.17) is 5.11 Å². The molecule has 5 N–H and O–H groups in total. The Morgan fingerprint density at radius 2 is 1.38 bits per heavy atom. The third-order valence-corrected chi connectivity index (χ3v) is 5.23. The summed E-state index contributed by atoms with van der Waals surface area (Å²) in [5, 5.41) is 19.2. The average Bonchev–Trinajstić information content (AvgIpc) is 3.46. The standard InChI is InChI=1S/C23H28N8O6/c1-13(32)25-18-12-31(4)20(28-18)23(37)27-15-9-17(30(3)11-15)22(36)26-14-8-16(29(2)10-14)21(35)24-7-5-6-19(33)34/h8-12H,5-7H2,1-4H3,(H,24,35)(H,25,32)(H,26,36)(H,27,37)(H,33,34). The van der Waals surface area contributed by atoms with Crippen molar-refractivity contribution in [1.82, 2.24) is 24.0 Å². The summed E-state index contributed by atoms with van der Waals surface area (Å²) in [5.74, 6) is -2.33. The number of imidazole rings is 1. The Kier molecular flexibility index (Phi) is 8.12. The van der Waals surface area contributed by atoms with Crippen molar-refractivity contribution in [1.29, 1.82) is 0 Å². The third kappa shape index (κ3) is 6.84. The van der Waals surface area contributed by atoms with Gasteiger partial charge in [0, 0.05) is 59.6 Å². The summed E-state index contributed by atoms with van der Waals surface area (Å²) >= 11 is 0. The molecule has 0 fully saturated rings. The number of amides is 4. The van der Waals surface area contributed by atoms with Crippen LogP contribution >= 0.6 is 0 Å². The zero-order valence-corrected chi connectivity index (χ0v) is 20.8. The maximum atomic E-state index is 12.9. The van der Waals surface area contributed by atoms with E-state index in [0.717, 1.165) is 0 Å². The number of rotatable bonds is 10. The number of aromatic nitrogens is 4. The fourth-order valence-electron chi connectivity index (χ4n) is 3.55. The van der Waals surface area contributed by atoms with Crippen molar-refractivity contribution < 1.29 is 29.1 Å². The van der Waals surface area contributed by atoms with Crippen LogP contribution in [-0.2, 0) is 30.7 Å². The lowest BCUT2D eigenvalue weighted by atomic mass is 10.3. The number of aliphatic carboxylic acids is 1. The van der Waals surface area contributed by atoms with Crippen molar-refractivity contribution in [3.05, 3.63) is 47.9 Å². The molecule has 4 amide bonds. The van der Waals surface area contributed by atoms with Gasteiger partial charge in [-0.1, -0.05) is 0 Å². The van der Waals surface area contributed by atoms with E-state index >= 15 is 0 Å². The SMILES string of the molecule is CC(=O)Nc1cn(C)c(C(=O)Nc2cc(C(=O)Nc3cc(C(=O)NCCCC(=O)O)n(C)c3)n(C)c2)n1. The topological polar surface area (TPSA) is 181 Å². The lowest BCUT2D eigenvalue weighted by molar-refractivity contribution is -0.137. The normalized spacial score (nSPS) is 10.6. The average molecular weight is 513 g/mol. The molecule has 3 aromatic rings. The summed E-state index contributed by atoms with van der Waals surface area (Å²) in [4.78, 5) is 63.8. The van der Waals surface area contributed by atoms with Crippen LogP contribution in [0.1, 0.15) is 51.4 Å². The van der Waals surface area contributed by atoms with E-state index in [-0.39, 0.29) is 36.2 Å². The van der Waals surface area contributed by atoms with Gasteiger partial charge < -0.3 is 40.1 Å². The molecule has 0 saturated heterocycles. The minimum atomic E-state index is -0.936. The van der Waals surface area contributed by atoms with Gasteiger partial charge in [0.15, 0.2) is 5.82 Å². The number of anilines is 3. The highest BCUT2D eigenvalue weighted by molar-refractivity contribution is 6.07. The molecule has 196 valence electrons. The third-order valence-electron chi connectivity index (χ3n) is 5.23. The largest absolute Gasteiger partial charge is 0.481 e. The highest BCUT2D eigenvalue weighted by Gasteiger charge is 2.19. The van der Waals surface area contributed by atoms with E-state index in [1.807, 2.05) is 0 Å². The zero-order chi connectivity index (χ0) is 27.3. The van der Waals surface area contributed by atoms with Crippen LogP contribution in [0.3, 0.4) is 0 Å². The predicted octanol–water partition coefficient (Wildman–Crippen LogP) is 1.15. The van der Waals surface area contributed by atoms with Crippen molar-refractivity contribution in [2.24, 2.45) is 21.1 Å². The van der Waals surface area contributed by atoms with Crippen LogP contribution < -0.4 is 21.3 Å². The molecule has 0 aliphatic heterocycles. The van der Waals surface area contributed by atoms with Gasteiger partial charge in [0.1, 0.15) is 11.4 Å². The second kappa shape index (κ2) is 11.2. The minimum absolute atomic E-state index is 0.0480. The van der Waals surface area contributed by atoms with Crippen molar-refractivity contribution in [3.63, 3.8) is 0 Å². The van der Waals surface area contributed by atoms with E-state index in [2.05, 4.69) is 26.3 Å². The first-order valence-electron chi connectivity index (χ1n) is 11.2. The Bertz CT molecular complexity index is 1370. The molecule has 0 aliphatic rings. The summed E-state index contributed by atoms with van der Waals surface area (Å²) in [7, 11) is 4.90. The van der Waals surface area contributed by atoms with Crippen LogP contribution in [0.25, 0.3) is 0 Å². The highest BCUT2D eigenvalue weighted by atomic mass is 16.4. The number of carbonyl (C=O) groups excluding carboxylic acids is 4. The molecule has 0 atom stereocenters. The first-order valence-corrected chi connectivity index (χ1v) is 11.2. The molecule has 14 nitrogen and oxygen atoms in total. The molecule has 37 heavy (non-hydrogen) atoms. The Hall–Kier alpha value is -4.88. The van der Waals surface area contributed by atoms with E-state index in [0.29, 0.717) is 23.5 Å². The Labute approximate surface area is 211 Å². The summed E-state index contributed by atoms with van der Waals surface area (Å²) < 4.78 is 4.54. The lowest BCUT2D eigenvalue weighted by Crippen LogP contribution is -2.26. The van der Waals surface area contributed by atoms with Crippen LogP contribution in [0, 0.1) is 0 Å². The number of carboxylic acids is 1. The second-order valence-electron chi connectivity index (χ2n) is 8.35. The molecule has 0 spiro atoms. The molecular formula is C23H28N8O6. The van der Waals surface area contributed by atoms with Crippen LogP contribution in [0.2, 0.25) is 0 Å². The molecule has 3 rings (SSSR count). The van der Waals surface area contributed by atoms with Gasteiger partial charge in [-0.25, -0.2) is 4.98 Å². The summed E-state index contributed by atoms with van der Waals surface area (Å²) in [6.45, 7) is 1.55. The number of hydrogen-bond donors (Lipinski definition) is 5. The van der Waals surface area contributed by atoms with Crippen molar-refractivity contribution >= 4 is 46.8 Å². The number of carboxylic acid groups (broad SMARTS) is 1. The Morgan fingerprint density at radius 3 is 1.95 bits per heavy atom. The highest BCUT2D eigenvalue weighted by Crippen LogP contribution is 2.18. The quantitative estimate of drug-likeness (QED) is 0.253. The molecule has 0 radical (unpaired) electrons. The van der Waals surface area contributed by atoms with Crippen molar-refractivity contribution in [2.45, 2.75) is 19.8 Å². The molecule has 0 unspecified atom stereocenters. The van der Waals surface area contributed by atoms with Gasteiger partial charge in [-0.3, -0.25) is 24.0 Å². The number of carbonyl (C=O) groups is 5. The predicted molar refractivity (Wildman–Crippen MR) is 133 cm³/mol. The van der Waals surface area contributed by atoms with E-state index < -0.39 is 23.7 Å². The van der Waals surface area contributed by atoms with E-state index in [1.54, 1.807) is 38.1 Å². The van der Waals surface area contributed by atoms with Crippen LogP contribution in [-0.4, -0.2) is 59.9 Å². The summed E-state index contributed by atoms with van der Waals surface area (Å²) in [6, 6.07) is 2.99. The monoisotopic (exact) mass is 512 g/mol. The van der Waals surface area contributed by atoms with Crippen LogP contribution in [0.5, 0.6) is 0 Å². The number of hydrogen-bond acceptors (Lipinski definition) is 6. The van der Waals surface area contributed by atoms with Crippen LogP contribution in [0.15, 0.2) is 30.7 Å². The minimum Gasteiger partial charge on any atom is -0.481 e. The number of aryl methyl sites for hydroxylation is 3. The Morgan fingerprint density at radius 1 is 0.811 bits per heavy atom.